The second kappa shape index (κ2) is 8.03. The number of ketones is 2. The molecule has 1 spiro atoms. The van der Waals surface area contributed by atoms with Crippen molar-refractivity contribution in [3.63, 3.8) is 0 Å². The van der Waals surface area contributed by atoms with Gasteiger partial charge >= 0.3 is 0 Å². The lowest BCUT2D eigenvalue weighted by atomic mass is 9.67. The van der Waals surface area contributed by atoms with Gasteiger partial charge in [-0.1, -0.05) is 24.3 Å². The number of hydrogen-bond donors (Lipinski definition) is 5. The van der Waals surface area contributed by atoms with Crippen LogP contribution in [0.15, 0.2) is 83.8 Å². The maximum atomic E-state index is 14.3. The van der Waals surface area contributed by atoms with Crippen molar-refractivity contribution in [2.24, 2.45) is 0 Å². The van der Waals surface area contributed by atoms with Crippen LogP contribution in [0.5, 0.6) is 28.7 Å². The molecule has 3 aliphatic heterocycles. The summed E-state index contributed by atoms with van der Waals surface area (Å²) in [6, 6.07) is 14.0. The Labute approximate surface area is 226 Å². The van der Waals surface area contributed by atoms with Crippen LogP contribution < -0.4 is 4.74 Å². The Morgan fingerprint density at radius 3 is 2.12 bits per heavy atom. The number of Topliss-reactive ketones (excluding diaryl/α,β-unsaturated/α-hetero) is 1. The minimum atomic E-state index is -2.59. The molecule has 1 aliphatic carbocycles. The van der Waals surface area contributed by atoms with Crippen molar-refractivity contribution in [3.05, 3.63) is 101 Å². The van der Waals surface area contributed by atoms with Crippen LogP contribution in [0.2, 0.25) is 0 Å². The van der Waals surface area contributed by atoms with E-state index in [1.165, 1.54) is 36.4 Å². The van der Waals surface area contributed by atoms with E-state index in [4.69, 9.17) is 14.2 Å². The summed E-state index contributed by atoms with van der Waals surface area (Å²) in [7, 11) is 0. The maximum absolute atomic E-state index is 14.3. The molecule has 7 rings (SSSR count). The van der Waals surface area contributed by atoms with E-state index < -0.39 is 46.5 Å². The fourth-order valence-corrected chi connectivity index (χ4v) is 6.07. The van der Waals surface area contributed by atoms with Gasteiger partial charge in [0.05, 0.1) is 0 Å². The van der Waals surface area contributed by atoms with Crippen molar-refractivity contribution >= 4 is 11.6 Å². The Hall–Kier alpha value is -4.96. The third-order valence-electron chi connectivity index (χ3n) is 7.94. The summed E-state index contributed by atoms with van der Waals surface area (Å²) < 4.78 is 18.9. The zero-order chi connectivity index (χ0) is 28.0. The minimum absolute atomic E-state index is 0.0581. The van der Waals surface area contributed by atoms with Gasteiger partial charge in [0.2, 0.25) is 11.4 Å². The number of carbonyl (C=O) groups is 2. The van der Waals surface area contributed by atoms with Gasteiger partial charge in [-0.3, -0.25) is 9.59 Å². The van der Waals surface area contributed by atoms with Crippen molar-refractivity contribution < 1.29 is 49.3 Å². The van der Waals surface area contributed by atoms with Crippen LogP contribution in [0.3, 0.4) is 0 Å². The molecule has 40 heavy (non-hydrogen) atoms. The SMILES string of the molecule is O=C1C=C2O[C@@H](c3ccc(O)cc3)[C@]3(O)C(=O)c4c(O)cc(O)cc4O[C@]23C2=C1CC[C@@H](c1ccc(O)cc1)O2. The molecule has 202 valence electrons. The number of fused-ring (bicyclic) bond motifs is 1. The molecule has 10 nitrogen and oxygen atoms in total. The summed E-state index contributed by atoms with van der Waals surface area (Å²) in [4.78, 5) is 27.6. The largest absolute Gasteiger partial charge is 0.508 e. The van der Waals surface area contributed by atoms with Crippen molar-refractivity contribution in [3.8, 4) is 28.7 Å². The number of allylic oxidation sites excluding steroid dienone is 2. The Morgan fingerprint density at radius 2 is 1.45 bits per heavy atom. The molecule has 3 heterocycles. The number of phenols is 4. The summed E-state index contributed by atoms with van der Waals surface area (Å²) in [5, 5.41) is 53.0. The monoisotopic (exact) mass is 542 g/mol. The highest BCUT2D eigenvalue weighted by Gasteiger charge is 2.78. The van der Waals surface area contributed by atoms with Gasteiger partial charge in [-0.15, -0.1) is 0 Å². The first-order valence-corrected chi connectivity index (χ1v) is 12.6. The smallest absolute Gasteiger partial charge is 0.262 e. The zero-order valence-electron chi connectivity index (χ0n) is 20.7. The first kappa shape index (κ1) is 24.1. The van der Waals surface area contributed by atoms with E-state index in [0.29, 0.717) is 12.0 Å². The van der Waals surface area contributed by atoms with E-state index in [9.17, 15) is 35.1 Å². The number of phenolic OH excluding ortho intramolecular Hbond substituents is 4. The van der Waals surface area contributed by atoms with Gasteiger partial charge in [-0.05, 0) is 48.2 Å². The van der Waals surface area contributed by atoms with E-state index in [1.807, 2.05) is 0 Å². The van der Waals surface area contributed by atoms with Crippen LogP contribution >= 0.6 is 0 Å². The van der Waals surface area contributed by atoms with Gasteiger partial charge in [0, 0.05) is 23.8 Å². The highest BCUT2D eigenvalue weighted by Crippen LogP contribution is 2.63. The normalized spacial score (nSPS) is 28.3. The molecule has 4 aliphatic rings. The molecule has 4 atom stereocenters. The van der Waals surface area contributed by atoms with Crippen molar-refractivity contribution in [2.75, 3.05) is 0 Å². The summed E-state index contributed by atoms with van der Waals surface area (Å²) in [5.74, 6) is -2.92. The maximum Gasteiger partial charge on any atom is 0.262 e. The van der Waals surface area contributed by atoms with Crippen LogP contribution in [-0.4, -0.2) is 48.3 Å². The van der Waals surface area contributed by atoms with Gasteiger partial charge in [-0.2, -0.15) is 0 Å². The lowest BCUT2D eigenvalue weighted by Crippen LogP contribution is -2.66. The molecule has 0 radical (unpaired) electrons. The third kappa shape index (κ3) is 3.02. The molecule has 1 fully saturated rings. The van der Waals surface area contributed by atoms with Crippen LogP contribution in [0.25, 0.3) is 0 Å². The number of aliphatic hydroxyl groups is 1. The number of carbonyl (C=O) groups excluding carboxylic acids is 2. The number of rotatable bonds is 2. The van der Waals surface area contributed by atoms with Crippen molar-refractivity contribution in [2.45, 2.75) is 36.3 Å². The fraction of sp³-hybridized carbons (Fsp3) is 0.200. The number of ether oxygens (including phenoxy) is 3. The molecule has 10 heteroatoms. The molecule has 1 saturated heterocycles. The molecule has 0 aromatic heterocycles. The quantitative estimate of drug-likeness (QED) is 0.323. The molecule has 5 N–H and O–H groups in total. The van der Waals surface area contributed by atoms with Crippen LogP contribution in [0.1, 0.15) is 46.5 Å². The summed E-state index contributed by atoms with van der Waals surface area (Å²) in [6.07, 6.45) is -0.293. The van der Waals surface area contributed by atoms with E-state index in [0.717, 1.165) is 18.2 Å². The topological polar surface area (TPSA) is 163 Å². The highest BCUT2D eigenvalue weighted by molar-refractivity contribution is 6.13. The average molecular weight is 542 g/mol. The molecular formula is C30H22O10. The second-order valence-electron chi connectivity index (χ2n) is 10.2. The van der Waals surface area contributed by atoms with E-state index >= 15 is 0 Å². The van der Waals surface area contributed by atoms with Gasteiger partial charge < -0.3 is 39.7 Å². The fourth-order valence-electron chi connectivity index (χ4n) is 6.07. The van der Waals surface area contributed by atoms with Crippen LogP contribution in [0, 0.1) is 0 Å². The molecular weight excluding hydrogens is 520 g/mol. The summed E-state index contributed by atoms with van der Waals surface area (Å²) in [5.41, 5.74) is -3.99. The Balaban J connectivity index is 1.47. The molecule has 0 amide bonds. The second-order valence-corrected chi connectivity index (χ2v) is 10.2. The third-order valence-corrected chi connectivity index (χ3v) is 7.94. The molecule has 3 aromatic carbocycles. The standard InChI is InChI=1S/C30H22O10/c31-16-5-1-14(2-6-16)22-10-9-19-20(34)13-24-30(28(19)38-22)29(37,27(39-24)15-3-7-17(32)8-4-15)26(36)25-21(35)11-18(33)12-23(25)40-30/h1-8,11-13,22,27,31-33,35,37H,9-10H2/t22-,27-,29+,30-/m0/s1. The van der Waals surface area contributed by atoms with Gasteiger partial charge in [-0.25, -0.2) is 0 Å². The Kier molecular flexibility index (Phi) is 4.84. The van der Waals surface area contributed by atoms with Gasteiger partial charge in [0.1, 0.15) is 40.4 Å². The van der Waals surface area contributed by atoms with Crippen molar-refractivity contribution in [1.29, 1.82) is 0 Å². The molecule has 3 aromatic rings. The summed E-state index contributed by atoms with van der Waals surface area (Å²) >= 11 is 0. The molecule has 0 unspecified atom stereocenters. The predicted octanol–water partition coefficient (Wildman–Crippen LogP) is 3.60. The first-order chi connectivity index (χ1) is 19.1. The Morgan fingerprint density at radius 1 is 0.800 bits per heavy atom. The lowest BCUT2D eigenvalue weighted by Gasteiger charge is -2.48. The number of aromatic hydroxyl groups is 4. The Bertz CT molecular complexity index is 1670. The molecule has 0 bridgehead atoms. The number of hydrogen-bond acceptors (Lipinski definition) is 10. The first-order valence-electron chi connectivity index (χ1n) is 12.6. The van der Waals surface area contributed by atoms with E-state index in [-0.39, 0.29) is 51.9 Å². The molecule has 0 saturated carbocycles. The zero-order valence-corrected chi connectivity index (χ0v) is 20.7. The van der Waals surface area contributed by atoms with E-state index in [2.05, 4.69) is 0 Å². The number of benzene rings is 3. The van der Waals surface area contributed by atoms with Gasteiger partial charge in [0.15, 0.2) is 23.4 Å². The average Bonchev–Trinajstić information content (AvgIpc) is 3.19. The summed E-state index contributed by atoms with van der Waals surface area (Å²) in [6.45, 7) is 0. The lowest BCUT2D eigenvalue weighted by molar-refractivity contribution is -0.121. The van der Waals surface area contributed by atoms with Crippen LogP contribution in [-0.2, 0) is 14.3 Å². The van der Waals surface area contributed by atoms with Crippen molar-refractivity contribution in [1.82, 2.24) is 0 Å². The van der Waals surface area contributed by atoms with Gasteiger partial charge in [0.25, 0.3) is 5.60 Å². The predicted molar refractivity (Wildman–Crippen MR) is 136 cm³/mol. The highest BCUT2D eigenvalue weighted by atomic mass is 16.6. The van der Waals surface area contributed by atoms with Crippen LogP contribution in [0.4, 0.5) is 0 Å². The van der Waals surface area contributed by atoms with E-state index in [1.54, 1.807) is 12.1 Å². The minimum Gasteiger partial charge on any atom is -0.508 e.